The van der Waals surface area contributed by atoms with Crippen molar-refractivity contribution in [2.45, 2.75) is 25.7 Å². The number of aryl methyl sites for hydroxylation is 2. The second-order valence-corrected chi connectivity index (χ2v) is 7.82. The van der Waals surface area contributed by atoms with Crippen LogP contribution in [0.5, 0.6) is 0 Å². The van der Waals surface area contributed by atoms with Crippen LogP contribution in [0, 0.1) is 0 Å². The van der Waals surface area contributed by atoms with Crippen molar-refractivity contribution >= 4 is 27.3 Å². The molecule has 1 N–H and O–H groups in total. The van der Waals surface area contributed by atoms with Crippen molar-refractivity contribution in [1.29, 1.82) is 0 Å². The molecule has 7 heteroatoms. The first kappa shape index (κ1) is 16.6. The summed E-state index contributed by atoms with van der Waals surface area (Å²) in [6, 6.07) is 9.05. The molecule has 0 atom stereocenters. The number of nitrogens with zero attached hydrogens (tertiary/aromatic N) is 1. The highest BCUT2D eigenvalue weighted by Crippen LogP contribution is 2.31. The van der Waals surface area contributed by atoms with Gasteiger partial charge in [0.2, 0.25) is 15.9 Å². The van der Waals surface area contributed by atoms with Crippen LogP contribution in [0.4, 0.5) is 11.4 Å². The van der Waals surface area contributed by atoms with Crippen LogP contribution in [-0.4, -0.2) is 27.1 Å². The van der Waals surface area contributed by atoms with Gasteiger partial charge in [0.15, 0.2) is 0 Å². The smallest absolute Gasteiger partial charge is 0.232 e. The molecule has 2 aromatic rings. The fourth-order valence-corrected chi connectivity index (χ4v) is 3.87. The van der Waals surface area contributed by atoms with Gasteiger partial charge in [0, 0.05) is 25.1 Å². The molecule has 1 aliphatic heterocycles. The number of benzene rings is 1. The zero-order chi connectivity index (χ0) is 17.2. The highest BCUT2D eigenvalue weighted by Gasteiger charge is 2.24. The van der Waals surface area contributed by atoms with Crippen LogP contribution in [0.25, 0.3) is 0 Å². The minimum atomic E-state index is -3.32. The SMILES string of the molecule is CS(=O)(=O)N1CCCc2ccc(NC(=O)CCc3ccco3)cc21. The fraction of sp³-hybridized carbons (Fsp3) is 0.353. The summed E-state index contributed by atoms with van der Waals surface area (Å²) in [5, 5.41) is 2.82. The Morgan fingerprint density at radius 3 is 2.88 bits per heavy atom. The minimum Gasteiger partial charge on any atom is -0.469 e. The molecule has 128 valence electrons. The fourth-order valence-electron chi connectivity index (χ4n) is 2.88. The molecule has 6 nitrogen and oxygen atoms in total. The number of nitrogens with one attached hydrogen (secondary N) is 1. The molecule has 0 radical (unpaired) electrons. The van der Waals surface area contributed by atoms with E-state index in [0.717, 1.165) is 24.2 Å². The lowest BCUT2D eigenvalue weighted by Gasteiger charge is -2.29. The Morgan fingerprint density at radius 2 is 2.17 bits per heavy atom. The van der Waals surface area contributed by atoms with E-state index in [2.05, 4.69) is 5.32 Å². The first-order chi connectivity index (χ1) is 11.4. The van der Waals surface area contributed by atoms with Crippen molar-refractivity contribution in [3.05, 3.63) is 47.9 Å². The minimum absolute atomic E-state index is 0.131. The molecule has 0 bridgehead atoms. The average Bonchev–Trinajstić information content (AvgIpc) is 3.05. The van der Waals surface area contributed by atoms with Crippen molar-refractivity contribution in [1.82, 2.24) is 0 Å². The quantitative estimate of drug-likeness (QED) is 0.900. The zero-order valence-corrected chi connectivity index (χ0v) is 14.3. The Balaban J connectivity index is 1.72. The topological polar surface area (TPSA) is 79.6 Å². The monoisotopic (exact) mass is 348 g/mol. The zero-order valence-electron chi connectivity index (χ0n) is 13.5. The van der Waals surface area contributed by atoms with Gasteiger partial charge in [-0.25, -0.2) is 8.42 Å². The van der Waals surface area contributed by atoms with Gasteiger partial charge in [-0.15, -0.1) is 0 Å². The number of hydrogen-bond acceptors (Lipinski definition) is 4. The van der Waals surface area contributed by atoms with Crippen LogP contribution in [0.2, 0.25) is 0 Å². The normalized spacial score (nSPS) is 14.3. The number of sulfonamides is 1. The van der Waals surface area contributed by atoms with E-state index in [-0.39, 0.29) is 5.91 Å². The maximum atomic E-state index is 12.1. The molecular formula is C17H20N2O4S. The van der Waals surface area contributed by atoms with Crippen LogP contribution < -0.4 is 9.62 Å². The second-order valence-electron chi connectivity index (χ2n) is 5.91. The molecule has 0 saturated heterocycles. The Hall–Kier alpha value is -2.28. The maximum Gasteiger partial charge on any atom is 0.232 e. The van der Waals surface area contributed by atoms with Crippen LogP contribution in [0.1, 0.15) is 24.2 Å². The summed E-state index contributed by atoms with van der Waals surface area (Å²) in [6.07, 6.45) is 5.26. The van der Waals surface area contributed by atoms with E-state index < -0.39 is 10.0 Å². The van der Waals surface area contributed by atoms with Crippen LogP contribution in [-0.2, 0) is 27.7 Å². The summed E-state index contributed by atoms with van der Waals surface area (Å²) < 4.78 is 30.5. The van der Waals surface area contributed by atoms with Gasteiger partial charge in [0.1, 0.15) is 5.76 Å². The highest BCUT2D eigenvalue weighted by atomic mass is 32.2. The van der Waals surface area contributed by atoms with Gasteiger partial charge in [-0.3, -0.25) is 9.10 Å². The number of carbonyl (C=O) groups is 1. The lowest BCUT2D eigenvalue weighted by Crippen LogP contribution is -2.34. The van der Waals surface area contributed by atoms with Crippen molar-refractivity contribution in [3.63, 3.8) is 0 Å². The molecule has 0 spiro atoms. The van der Waals surface area contributed by atoms with E-state index in [0.29, 0.717) is 30.8 Å². The Kier molecular flexibility index (Phi) is 4.62. The molecule has 0 unspecified atom stereocenters. The molecule has 2 heterocycles. The Bertz CT molecular complexity index is 828. The Labute approximate surface area is 141 Å². The van der Waals surface area contributed by atoms with Crippen LogP contribution in [0.3, 0.4) is 0 Å². The third-order valence-corrected chi connectivity index (χ3v) is 5.20. The third kappa shape index (κ3) is 3.79. The van der Waals surface area contributed by atoms with Gasteiger partial charge in [0.05, 0.1) is 18.2 Å². The number of furan rings is 1. The summed E-state index contributed by atoms with van der Waals surface area (Å²) in [5.41, 5.74) is 2.25. The predicted octanol–water partition coefficient (Wildman–Crippen LogP) is 2.56. The molecule has 1 aliphatic rings. The van der Waals surface area contributed by atoms with Gasteiger partial charge in [-0.05, 0) is 42.7 Å². The van der Waals surface area contributed by atoms with E-state index >= 15 is 0 Å². The van der Waals surface area contributed by atoms with E-state index in [1.807, 2.05) is 18.2 Å². The highest BCUT2D eigenvalue weighted by molar-refractivity contribution is 7.92. The Morgan fingerprint density at radius 1 is 1.33 bits per heavy atom. The van der Waals surface area contributed by atoms with Gasteiger partial charge < -0.3 is 9.73 Å². The number of rotatable bonds is 5. The average molecular weight is 348 g/mol. The van der Waals surface area contributed by atoms with Crippen LogP contribution in [0.15, 0.2) is 41.0 Å². The third-order valence-electron chi connectivity index (χ3n) is 4.02. The van der Waals surface area contributed by atoms with Crippen LogP contribution >= 0.6 is 0 Å². The van der Waals surface area contributed by atoms with Crippen molar-refractivity contribution < 1.29 is 17.6 Å². The molecule has 0 fully saturated rings. The summed E-state index contributed by atoms with van der Waals surface area (Å²) >= 11 is 0. The molecule has 0 saturated carbocycles. The lowest BCUT2D eigenvalue weighted by molar-refractivity contribution is -0.116. The van der Waals surface area contributed by atoms with E-state index in [4.69, 9.17) is 4.42 Å². The molecule has 3 rings (SSSR count). The molecule has 1 aromatic carbocycles. The summed E-state index contributed by atoms with van der Waals surface area (Å²) in [4.78, 5) is 12.1. The number of amides is 1. The second kappa shape index (κ2) is 6.68. The number of fused-ring (bicyclic) bond motifs is 1. The van der Waals surface area contributed by atoms with Gasteiger partial charge in [-0.2, -0.15) is 0 Å². The number of carbonyl (C=O) groups excluding carboxylic acids is 1. The van der Waals surface area contributed by atoms with Crippen molar-refractivity contribution in [2.75, 3.05) is 22.4 Å². The maximum absolute atomic E-state index is 12.1. The van der Waals surface area contributed by atoms with Crippen molar-refractivity contribution in [3.8, 4) is 0 Å². The van der Waals surface area contributed by atoms with E-state index in [9.17, 15) is 13.2 Å². The first-order valence-electron chi connectivity index (χ1n) is 7.86. The van der Waals surface area contributed by atoms with E-state index in [1.54, 1.807) is 18.4 Å². The molecule has 24 heavy (non-hydrogen) atoms. The lowest BCUT2D eigenvalue weighted by atomic mass is 10.0. The predicted molar refractivity (Wildman–Crippen MR) is 92.6 cm³/mol. The van der Waals surface area contributed by atoms with Gasteiger partial charge in [-0.1, -0.05) is 6.07 Å². The molecule has 1 amide bonds. The standard InChI is InChI=1S/C17H20N2O4S/c1-24(21,22)19-10-2-4-13-6-7-14(12-16(13)19)18-17(20)9-8-15-5-3-11-23-15/h3,5-7,11-12H,2,4,8-10H2,1H3,(H,18,20). The number of hydrogen-bond donors (Lipinski definition) is 1. The number of anilines is 2. The summed E-state index contributed by atoms with van der Waals surface area (Å²) in [7, 11) is -3.32. The largest absolute Gasteiger partial charge is 0.469 e. The summed E-state index contributed by atoms with van der Waals surface area (Å²) in [5.74, 6) is 0.631. The molecular weight excluding hydrogens is 328 g/mol. The van der Waals surface area contributed by atoms with Crippen molar-refractivity contribution in [2.24, 2.45) is 0 Å². The van der Waals surface area contributed by atoms with E-state index in [1.165, 1.54) is 10.6 Å². The summed E-state index contributed by atoms with van der Waals surface area (Å²) in [6.45, 7) is 0.474. The molecule has 1 aromatic heterocycles. The first-order valence-corrected chi connectivity index (χ1v) is 9.71. The van der Waals surface area contributed by atoms with Gasteiger partial charge >= 0.3 is 0 Å². The molecule has 0 aliphatic carbocycles. The van der Waals surface area contributed by atoms with Gasteiger partial charge in [0.25, 0.3) is 0 Å².